The fourth-order valence-electron chi connectivity index (χ4n) is 5.74. The first kappa shape index (κ1) is 38.0. The predicted octanol–water partition coefficient (Wildman–Crippen LogP) is 4.72. The number of carbonyl (C=O) groups is 3. The van der Waals surface area contributed by atoms with E-state index in [9.17, 15) is 14.4 Å². The van der Waals surface area contributed by atoms with E-state index in [2.05, 4.69) is 36.1 Å². The average molecular weight is 712 g/mol. The van der Waals surface area contributed by atoms with Crippen LogP contribution in [-0.2, 0) is 25.9 Å². The maximum Gasteiger partial charge on any atom is 0.321 e. The standard InChI is InChI=1S/C38H49N9O5/c1-35(2,3)28-19-29(41-31(40-28)32(49)39-21-37(6,7)46(8)9)42-34(50)43-38(22-48)18-17-27(25-13-11-12-14-26(25)38)52-24-15-16-30-44-45-33(47(30)20-24)36(4,5)23-51-10/h11-20,22,27H,21,23H2,1-10H3,(H,39,49)(H2,40,41,42,43,50)/t27-,38-/m1/s1. The van der Waals surface area contributed by atoms with Crippen LogP contribution in [0.3, 0.4) is 0 Å². The number of fused-ring (bicyclic) bond motifs is 2. The van der Waals surface area contributed by atoms with Gasteiger partial charge in [-0.15, -0.1) is 10.2 Å². The highest BCUT2D eigenvalue weighted by Crippen LogP contribution is 2.37. The summed E-state index contributed by atoms with van der Waals surface area (Å²) in [6, 6.07) is 11.8. The van der Waals surface area contributed by atoms with Crippen molar-refractivity contribution in [2.45, 2.75) is 76.5 Å². The first-order valence-corrected chi connectivity index (χ1v) is 17.1. The number of methoxy groups -OCH3 is 1. The van der Waals surface area contributed by atoms with Gasteiger partial charge in [0.15, 0.2) is 11.9 Å². The van der Waals surface area contributed by atoms with Crippen LogP contribution in [0.2, 0.25) is 0 Å². The zero-order chi connectivity index (χ0) is 38.1. The molecule has 3 aromatic heterocycles. The lowest BCUT2D eigenvalue weighted by Gasteiger charge is -2.34. The van der Waals surface area contributed by atoms with E-state index in [1.165, 1.54) is 0 Å². The summed E-state index contributed by atoms with van der Waals surface area (Å²) in [6.45, 7) is 14.7. The molecule has 0 aliphatic heterocycles. The van der Waals surface area contributed by atoms with Gasteiger partial charge in [-0.1, -0.05) is 58.9 Å². The Morgan fingerprint density at radius 1 is 1.02 bits per heavy atom. The Kier molecular flexibility index (Phi) is 10.6. The number of benzene rings is 1. The first-order valence-electron chi connectivity index (χ1n) is 17.1. The number of nitrogens with zero attached hydrogens (tertiary/aromatic N) is 6. The molecular formula is C38H49N9O5. The van der Waals surface area contributed by atoms with Crippen LogP contribution in [0, 0.1) is 0 Å². The molecule has 5 rings (SSSR count). The third kappa shape index (κ3) is 7.97. The van der Waals surface area contributed by atoms with Crippen LogP contribution < -0.4 is 20.7 Å². The maximum absolute atomic E-state index is 13.6. The summed E-state index contributed by atoms with van der Waals surface area (Å²) in [6.07, 6.45) is 5.29. The molecule has 3 amide bonds. The van der Waals surface area contributed by atoms with Crippen molar-refractivity contribution in [2.75, 3.05) is 39.7 Å². The Hall–Kier alpha value is -5.21. The van der Waals surface area contributed by atoms with Crippen LogP contribution in [0.1, 0.15) is 87.8 Å². The van der Waals surface area contributed by atoms with Crippen molar-refractivity contribution in [3.63, 3.8) is 0 Å². The zero-order valence-corrected chi connectivity index (χ0v) is 31.6. The number of hydrogen-bond acceptors (Lipinski definition) is 10. The molecule has 2 atom stereocenters. The number of aldehydes is 1. The molecule has 14 heteroatoms. The third-order valence-corrected chi connectivity index (χ3v) is 9.33. The Morgan fingerprint density at radius 2 is 1.75 bits per heavy atom. The molecule has 4 aromatic rings. The van der Waals surface area contributed by atoms with E-state index in [1.807, 2.05) is 102 Å². The maximum atomic E-state index is 13.6. The summed E-state index contributed by atoms with van der Waals surface area (Å²) >= 11 is 0. The van der Waals surface area contributed by atoms with Gasteiger partial charge in [-0.25, -0.2) is 14.8 Å². The van der Waals surface area contributed by atoms with Gasteiger partial charge in [-0.05, 0) is 57.8 Å². The highest BCUT2D eigenvalue weighted by atomic mass is 16.5. The Balaban J connectivity index is 1.39. The van der Waals surface area contributed by atoms with Crippen molar-refractivity contribution in [1.29, 1.82) is 0 Å². The van der Waals surface area contributed by atoms with E-state index in [1.54, 1.807) is 37.5 Å². The van der Waals surface area contributed by atoms with Gasteiger partial charge >= 0.3 is 6.03 Å². The summed E-state index contributed by atoms with van der Waals surface area (Å²) < 4.78 is 13.8. The van der Waals surface area contributed by atoms with E-state index < -0.39 is 34.4 Å². The molecule has 52 heavy (non-hydrogen) atoms. The number of carbonyl (C=O) groups excluding carboxylic acids is 3. The van der Waals surface area contributed by atoms with Gasteiger partial charge in [0.05, 0.1) is 18.5 Å². The fourth-order valence-corrected chi connectivity index (χ4v) is 5.74. The molecule has 1 aliphatic carbocycles. The van der Waals surface area contributed by atoms with Crippen LogP contribution >= 0.6 is 0 Å². The number of likely N-dealkylation sites (N-methyl/N-ethyl adjacent to an activating group) is 1. The number of pyridine rings is 1. The number of aromatic nitrogens is 5. The average Bonchev–Trinajstić information content (AvgIpc) is 3.52. The topological polar surface area (TPSA) is 165 Å². The minimum atomic E-state index is -1.52. The summed E-state index contributed by atoms with van der Waals surface area (Å²) in [5.74, 6) is 0.844. The SMILES string of the molecule is COCC(C)(C)c1nnc2ccc(O[C@@H]3C=C[C@](C=O)(NC(=O)Nc4cc(C(C)(C)C)nc(C(=O)NCC(C)(C)N(C)C)n4)c4ccccc43)cn12. The molecule has 0 radical (unpaired) electrons. The number of hydrogen-bond donors (Lipinski definition) is 3. The Bertz CT molecular complexity index is 2000. The summed E-state index contributed by atoms with van der Waals surface area (Å²) in [4.78, 5) is 50.6. The highest BCUT2D eigenvalue weighted by Gasteiger charge is 2.39. The Morgan fingerprint density at radius 3 is 2.42 bits per heavy atom. The molecule has 0 saturated carbocycles. The van der Waals surface area contributed by atoms with E-state index in [0.29, 0.717) is 47.7 Å². The quantitative estimate of drug-likeness (QED) is 0.138. The smallest absolute Gasteiger partial charge is 0.321 e. The first-order chi connectivity index (χ1) is 24.4. The van der Waals surface area contributed by atoms with Gasteiger partial charge in [-0.2, -0.15) is 0 Å². The van der Waals surface area contributed by atoms with Crippen molar-refractivity contribution in [3.8, 4) is 5.75 Å². The van der Waals surface area contributed by atoms with E-state index in [0.717, 1.165) is 5.82 Å². The van der Waals surface area contributed by atoms with Crippen molar-refractivity contribution in [2.24, 2.45) is 0 Å². The van der Waals surface area contributed by atoms with E-state index in [4.69, 9.17) is 9.47 Å². The lowest BCUT2D eigenvalue weighted by Crippen LogP contribution is -2.49. The van der Waals surface area contributed by atoms with E-state index in [-0.39, 0.29) is 17.2 Å². The number of rotatable bonds is 12. The summed E-state index contributed by atoms with van der Waals surface area (Å²) in [5.41, 5.74) is -0.240. The lowest BCUT2D eigenvalue weighted by atomic mass is 9.81. The van der Waals surface area contributed by atoms with Gasteiger partial charge in [0, 0.05) is 41.7 Å². The van der Waals surface area contributed by atoms with Crippen LogP contribution in [-0.4, -0.2) is 87.6 Å². The molecule has 14 nitrogen and oxygen atoms in total. The normalized spacial score (nSPS) is 17.5. The molecule has 276 valence electrons. The molecule has 3 N–H and O–H groups in total. The van der Waals surface area contributed by atoms with Crippen LogP contribution in [0.25, 0.3) is 5.65 Å². The molecule has 3 heterocycles. The van der Waals surface area contributed by atoms with Crippen molar-refractivity contribution in [1.82, 2.24) is 40.1 Å². The number of ether oxygens (including phenoxy) is 2. The lowest BCUT2D eigenvalue weighted by molar-refractivity contribution is -0.111. The van der Waals surface area contributed by atoms with Crippen LogP contribution in [0.4, 0.5) is 10.6 Å². The molecule has 0 fully saturated rings. The van der Waals surface area contributed by atoms with Crippen molar-refractivity contribution < 1.29 is 23.9 Å². The number of urea groups is 1. The van der Waals surface area contributed by atoms with Gasteiger partial charge in [0.2, 0.25) is 5.82 Å². The van der Waals surface area contributed by atoms with Gasteiger partial charge < -0.3 is 25.0 Å². The second-order valence-electron chi connectivity index (χ2n) is 15.6. The molecule has 1 aliphatic rings. The number of nitrogens with one attached hydrogen (secondary N) is 3. The van der Waals surface area contributed by atoms with Gasteiger partial charge in [-0.3, -0.25) is 19.3 Å². The minimum absolute atomic E-state index is 0.0793. The molecular weight excluding hydrogens is 662 g/mol. The largest absolute Gasteiger partial charge is 0.480 e. The molecule has 0 bridgehead atoms. The summed E-state index contributed by atoms with van der Waals surface area (Å²) in [5, 5.41) is 17.2. The zero-order valence-electron chi connectivity index (χ0n) is 31.6. The van der Waals surface area contributed by atoms with Crippen molar-refractivity contribution in [3.05, 3.63) is 89.3 Å². The highest BCUT2D eigenvalue weighted by molar-refractivity contribution is 5.94. The van der Waals surface area contributed by atoms with Gasteiger partial charge in [0.25, 0.3) is 5.91 Å². The second-order valence-corrected chi connectivity index (χ2v) is 15.6. The van der Waals surface area contributed by atoms with Gasteiger partial charge in [0.1, 0.15) is 29.0 Å². The monoisotopic (exact) mass is 711 g/mol. The number of amides is 3. The molecule has 0 saturated heterocycles. The minimum Gasteiger partial charge on any atom is -0.480 e. The number of anilines is 1. The van der Waals surface area contributed by atoms with Crippen LogP contribution in [0.5, 0.6) is 5.75 Å². The van der Waals surface area contributed by atoms with Crippen LogP contribution in [0.15, 0.2) is 60.8 Å². The van der Waals surface area contributed by atoms with Crippen molar-refractivity contribution >= 4 is 29.7 Å². The predicted molar refractivity (Wildman–Crippen MR) is 198 cm³/mol. The molecule has 0 spiro atoms. The second kappa shape index (κ2) is 14.4. The molecule has 1 aromatic carbocycles. The van der Waals surface area contributed by atoms with E-state index >= 15 is 0 Å². The fraction of sp³-hybridized carbons (Fsp3) is 0.447. The summed E-state index contributed by atoms with van der Waals surface area (Å²) in [7, 11) is 5.52. The third-order valence-electron chi connectivity index (χ3n) is 9.33. The Labute approximate surface area is 304 Å². The molecule has 0 unspecified atom stereocenters.